The maximum Gasteiger partial charge on any atom is 0.230 e. The summed E-state index contributed by atoms with van der Waals surface area (Å²) in [6.45, 7) is 4.06. The number of rotatable bonds is 4. The normalized spacial score (nSPS) is 13.6. The van der Waals surface area contributed by atoms with E-state index in [1.807, 2.05) is 37.3 Å². The quantitative estimate of drug-likeness (QED) is 0.897. The predicted molar refractivity (Wildman–Crippen MR) is 83.6 cm³/mol. The minimum atomic E-state index is -0.513. The summed E-state index contributed by atoms with van der Waals surface area (Å²) < 4.78 is 0. The first-order valence-electron chi connectivity index (χ1n) is 7.00. The molecular formula is C18H21NO. The molecule has 2 nitrogen and oxygen atoms in total. The largest absolute Gasteiger partial charge is 0.358 e. The summed E-state index contributed by atoms with van der Waals surface area (Å²) in [5, 5.41) is 2.79. The van der Waals surface area contributed by atoms with Gasteiger partial charge in [-0.1, -0.05) is 61.5 Å². The molecule has 1 N–H and O–H groups in total. The van der Waals surface area contributed by atoms with Gasteiger partial charge in [0.25, 0.3) is 0 Å². The van der Waals surface area contributed by atoms with Crippen LogP contribution in [0.5, 0.6) is 0 Å². The Kier molecular flexibility index (Phi) is 4.23. The average Bonchev–Trinajstić information content (AvgIpc) is 2.54. The molecule has 2 rings (SSSR count). The molecule has 0 bridgehead atoms. The van der Waals surface area contributed by atoms with Crippen LogP contribution < -0.4 is 5.32 Å². The highest BCUT2D eigenvalue weighted by Gasteiger charge is 2.34. The zero-order valence-electron chi connectivity index (χ0n) is 12.3. The van der Waals surface area contributed by atoms with Crippen LogP contribution in [0.4, 0.5) is 0 Å². The number of hydrogen-bond acceptors (Lipinski definition) is 1. The molecule has 2 aromatic carbocycles. The first-order chi connectivity index (χ1) is 9.63. The SMILES string of the molecule is CCC(C)(C(=O)NC)c1ccccc1-c1ccccc1. The van der Waals surface area contributed by atoms with Crippen LogP contribution >= 0.6 is 0 Å². The molecule has 0 saturated heterocycles. The summed E-state index contributed by atoms with van der Waals surface area (Å²) in [5.74, 6) is 0.0587. The van der Waals surface area contributed by atoms with Gasteiger partial charge in [-0.3, -0.25) is 4.79 Å². The summed E-state index contributed by atoms with van der Waals surface area (Å²) in [7, 11) is 1.70. The number of hydrogen-bond donors (Lipinski definition) is 1. The summed E-state index contributed by atoms with van der Waals surface area (Å²) >= 11 is 0. The molecule has 0 radical (unpaired) electrons. The van der Waals surface area contributed by atoms with Crippen LogP contribution in [0.25, 0.3) is 11.1 Å². The number of carbonyl (C=O) groups is 1. The average molecular weight is 267 g/mol. The molecule has 20 heavy (non-hydrogen) atoms. The molecule has 0 aliphatic carbocycles. The Morgan fingerprint density at radius 1 is 1.05 bits per heavy atom. The Hall–Kier alpha value is -2.09. The van der Waals surface area contributed by atoms with E-state index in [1.54, 1.807) is 7.05 Å². The molecule has 0 fully saturated rings. The lowest BCUT2D eigenvalue weighted by Crippen LogP contribution is -2.40. The van der Waals surface area contributed by atoms with E-state index in [0.717, 1.165) is 23.1 Å². The third-order valence-corrected chi connectivity index (χ3v) is 4.04. The molecule has 104 valence electrons. The predicted octanol–water partition coefficient (Wildman–Crippen LogP) is 3.77. The second-order valence-electron chi connectivity index (χ2n) is 5.18. The third kappa shape index (κ3) is 2.46. The van der Waals surface area contributed by atoms with Gasteiger partial charge in [0.2, 0.25) is 5.91 Å². The van der Waals surface area contributed by atoms with E-state index in [4.69, 9.17) is 0 Å². The smallest absolute Gasteiger partial charge is 0.230 e. The van der Waals surface area contributed by atoms with Crippen molar-refractivity contribution < 1.29 is 4.79 Å². The number of nitrogens with one attached hydrogen (secondary N) is 1. The van der Waals surface area contributed by atoms with Gasteiger partial charge in [0.05, 0.1) is 5.41 Å². The highest BCUT2D eigenvalue weighted by Crippen LogP contribution is 2.35. The van der Waals surface area contributed by atoms with Gasteiger partial charge in [-0.15, -0.1) is 0 Å². The summed E-state index contributed by atoms with van der Waals surface area (Å²) in [6.07, 6.45) is 0.760. The van der Waals surface area contributed by atoms with E-state index in [0.29, 0.717) is 0 Å². The molecule has 0 aromatic heterocycles. The lowest BCUT2D eigenvalue weighted by Gasteiger charge is -2.29. The van der Waals surface area contributed by atoms with Crippen LogP contribution in [0, 0.1) is 0 Å². The zero-order valence-corrected chi connectivity index (χ0v) is 12.3. The Morgan fingerprint density at radius 3 is 2.25 bits per heavy atom. The van der Waals surface area contributed by atoms with Gasteiger partial charge in [-0.05, 0) is 30.0 Å². The fourth-order valence-electron chi connectivity index (χ4n) is 2.58. The summed E-state index contributed by atoms with van der Waals surface area (Å²) in [6, 6.07) is 18.4. The molecule has 2 aromatic rings. The highest BCUT2D eigenvalue weighted by molar-refractivity contribution is 5.90. The van der Waals surface area contributed by atoms with Crippen LogP contribution in [0.2, 0.25) is 0 Å². The molecular weight excluding hydrogens is 246 g/mol. The van der Waals surface area contributed by atoms with Gasteiger partial charge >= 0.3 is 0 Å². The number of likely N-dealkylation sites (N-methyl/N-ethyl adjacent to an activating group) is 1. The topological polar surface area (TPSA) is 29.1 Å². The first-order valence-corrected chi connectivity index (χ1v) is 7.00. The highest BCUT2D eigenvalue weighted by atomic mass is 16.2. The van der Waals surface area contributed by atoms with Crippen molar-refractivity contribution in [2.75, 3.05) is 7.05 Å². The Labute approximate surface area is 120 Å². The molecule has 1 unspecified atom stereocenters. The minimum Gasteiger partial charge on any atom is -0.358 e. The molecule has 0 saturated carbocycles. The van der Waals surface area contributed by atoms with Crippen molar-refractivity contribution in [2.45, 2.75) is 25.7 Å². The standard InChI is InChI=1S/C18H21NO/c1-4-18(2,17(20)19-3)16-13-9-8-12-15(16)14-10-6-5-7-11-14/h5-13H,4H2,1-3H3,(H,19,20). The van der Waals surface area contributed by atoms with Gasteiger partial charge in [0, 0.05) is 7.05 Å². The van der Waals surface area contributed by atoms with Crippen LogP contribution in [-0.4, -0.2) is 13.0 Å². The van der Waals surface area contributed by atoms with E-state index >= 15 is 0 Å². The fraction of sp³-hybridized carbons (Fsp3) is 0.278. The molecule has 0 aliphatic rings. The monoisotopic (exact) mass is 267 g/mol. The molecule has 1 atom stereocenters. The lowest BCUT2D eigenvalue weighted by atomic mass is 9.76. The van der Waals surface area contributed by atoms with Crippen molar-refractivity contribution in [2.24, 2.45) is 0 Å². The first kappa shape index (κ1) is 14.3. The number of carbonyl (C=O) groups excluding carboxylic acids is 1. The number of amides is 1. The zero-order chi connectivity index (χ0) is 14.6. The Bertz CT molecular complexity index is 591. The van der Waals surface area contributed by atoms with Gasteiger partial charge < -0.3 is 5.32 Å². The Balaban J connectivity index is 2.61. The van der Waals surface area contributed by atoms with Gasteiger partial charge in [0.1, 0.15) is 0 Å². The van der Waals surface area contributed by atoms with Crippen molar-refractivity contribution in [3.8, 4) is 11.1 Å². The molecule has 0 heterocycles. The van der Waals surface area contributed by atoms with Crippen molar-refractivity contribution in [3.63, 3.8) is 0 Å². The maximum atomic E-state index is 12.3. The van der Waals surface area contributed by atoms with Gasteiger partial charge in [-0.2, -0.15) is 0 Å². The van der Waals surface area contributed by atoms with Crippen LogP contribution in [0.3, 0.4) is 0 Å². The molecule has 1 amide bonds. The fourth-order valence-corrected chi connectivity index (χ4v) is 2.58. The second-order valence-corrected chi connectivity index (χ2v) is 5.18. The van der Waals surface area contributed by atoms with Crippen molar-refractivity contribution in [3.05, 3.63) is 60.2 Å². The summed E-state index contributed by atoms with van der Waals surface area (Å²) in [5.41, 5.74) is 2.84. The van der Waals surface area contributed by atoms with Gasteiger partial charge in [0.15, 0.2) is 0 Å². The maximum absolute atomic E-state index is 12.3. The van der Waals surface area contributed by atoms with Crippen LogP contribution in [0.15, 0.2) is 54.6 Å². The van der Waals surface area contributed by atoms with E-state index in [-0.39, 0.29) is 5.91 Å². The minimum absolute atomic E-state index is 0.0587. The van der Waals surface area contributed by atoms with E-state index in [1.165, 1.54) is 0 Å². The van der Waals surface area contributed by atoms with Crippen LogP contribution in [-0.2, 0) is 10.2 Å². The third-order valence-electron chi connectivity index (χ3n) is 4.04. The van der Waals surface area contributed by atoms with E-state index in [9.17, 15) is 4.79 Å². The van der Waals surface area contributed by atoms with E-state index < -0.39 is 5.41 Å². The lowest BCUT2D eigenvalue weighted by molar-refractivity contribution is -0.125. The van der Waals surface area contributed by atoms with Crippen molar-refractivity contribution in [1.29, 1.82) is 0 Å². The summed E-state index contributed by atoms with van der Waals surface area (Å²) in [4.78, 5) is 12.3. The second kappa shape index (κ2) is 5.91. The van der Waals surface area contributed by atoms with Crippen LogP contribution in [0.1, 0.15) is 25.8 Å². The number of benzene rings is 2. The Morgan fingerprint density at radius 2 is 1.65 bits per heavy atom. The molecule has 0 spiro atoms. The molecule has 2 heteroatoms. The van der Waals surface area contributed by atoms with Crippen molar-refractivity contribution >= 4 is 5.91 Å². The van der Waals surface area contributed by atoms with Gasteiger partial charge in [-0.25, -0.2) is 0 Å². The van der Waals surface area contributed by atoms with Crippen molar-refractivity contribution in [1.82, 2.24) is 5.32 Å². The molecule has 0 aliphatic heterocycles. The van der Waals surface area contributed by atoms with E-state index in [2.05, 4.69) is 36.5 Å².